The fourth-order valence-corrected chi connectivity index (χ4v) is 4.20. The van der Waals surface area contributed by atoms with E-state index in [1.807, 2.05) is 24.4 Å². The van der Waals surface area contributed by atoms with E-state index in [0.717, 1.165) is 27.4 Å². The van der Waals surface area contributed by atoms with Crippen molar-refractivity contribution in [3.63, 3.8) is 0 Å². The lowest BCUT2D eigenvalue weighted by atomic mass is 10.1. The molecule has 8 heteroatoms. The van der Waals surface area contributed by atoms with E-state index < -0.39 is 0 Å². The minimum absolute atomic E-state index is 0.0725. The number of hydrazine groups is 1. The summed E-state index contributed by atoms with van der Waals surface area (Å²) in [5.74, 6) is -0.575. The highest BCUT2D eigenvalue weighted by Gasteiger charge is 2.31. The lowest BCUT2D eigenvalue weighted by Crippen LogP contribution is -2.45. The quantitative estimate of drug-likeness (QED) is 0.523. The van der Waals surface area contributed by atoms with Gasteiger partial charge in [-0.25, -0.2) is 5.01 Å². The van der Waals surface area contributed by atoms with Crippen LogP contribution in [0.15, 0.2) is 59.2 Å². The Bertz CT molecular complexity index is 1130. The van der Waals surface area contributed by atoms with Gasteiger partial charge in [0.1, 0.15) is 0 Å². The third-order valence-corrected chi connectivity index (χ3v) is 6.13. The molecule has 3 amide bonds. The molecule has 1 aliphatic rings. The average Bonchev–Trinajstić information content (AvgIpc) is 3.45. The van der Waals surface area contributed by atoms with Crippen molar-refractivity contribution in [1.82, 2.24) is 20.3 Å². The molecule has 0 bridgehead atoms. The van der Waals surface area contributed by atoms with Crippen LogP contribution in [0.2, 0.25) is 0 Å². The number of carbonyl (C=O) groups is 3. The van der Waals surface area contributed by atoms with Gasteiger partial charge in [0.25, 0.3) is 5.91 Å². The monoisotopic (exact) mass is 496 g/mol. The van der Waals surface area contributed by atoms with E-state index in [9.17, 15) is 14.4 Å². The number of halogens is 1. The lowest BCUT2D eigenvalue weighted by molar-refractivity contribution is -0.141. The average molecular weight is 497 g/mol. The molecule has 0 saturated carbocycles. The molecule has 2 heterocycles. The molecule has 32 heavy (non-hydrogen) atoms. The predicted octanol–water partition coefficient (Wildman–Crippen LogP) is 3.66. The van der Waals surface area contributed by atoms with E-state index in [2.05, 4.69) is 32.3 Å². The van der Waals surface area contributed by atoms with E-state index in [4.69, 9.17) is 0 Å². The van der Waals surface area contributed by atoms with Crippen LogP contribution >= 0.6 is 15.9 Å². The summed E-state index contributed by atoms with van der Waals surface area (Å²) in [4.78, 5) is 41.0. The van der Waals surface area contributed by atoms with E-state index in [1.165, 1.54) is 10.0 Å². The first kappa shape index (κ1) is 22.1. The van der Waals surface area contributed by atoms with Gasteiger partial charge in [-0.3, -0.25) is 19.4 Å². The van der Waals surface area contributed by atoms with Gasteiger partial charge < -0.3 is 10.3 Å². The number of amides is 3. The van der Waals surface area contributed by atoms with Crippen molar-refractivity contribution in [3.05, 3.63) is 70.3 Å². The van der Waals surface area contributed by atoms with Crippen LogP contribution < -0.4 is 5.32 Å². The predicted molar refractivity (Wildman–Crippen MR) is 126 cm³/mol. The van der Waals surface area contributed by atoms with Crippen molar-refractivity contribution in [1.29, 1.82) is 0 Å². The summed E-state index contributed by atoms with van der Waals surface area (Å²) < 4.78 is 0.888. The second kappa shape index (κ2) is 9.99. The Kier molecular flexibility index (Phi) is 6.90. The summed E-state index contributed by atoms with van der Waals surface area (Å²) >= 11 is 3.36. The Morgan fingerprint density at radius 2 is 1.72 bits per heavy atom. The number of fused-ring (bicyclic) bond motifs is 1. The normalized spacial score (nSPS) is 13.5. The molecule has 166 valence electrons. The number of aromatic nitrogens is 1. The fraction of sp³-hybridized carbons (Fsp3) is 0.292. The summed E-state index contributed by atoms with van der Waals surface area (Å²) in [5, 5.41) is 7.00. The summed E-state index contributed by atoms with van der Waals surface area (Å²) in [6.07, 6.45) is 3.58. The number of para-hydroxylation sites is 1. The first-order valence-corrected chi connectivity index (χ1v) is 11.5. The van der Waals surface area contributed by atoms with Crippen LogP contribution in [-0.4, -0.2) is 52.4 Å². The van der Waals surface area contributed by atoms with Gasteiger partial charge >= 0.3 is 0 Å². The fourth-order valence-electron chi connectivity index (χ4n) is 3.94. The highest BCUT2D eigenvalue weighted by Crippen LogP contribution is 2.19. The molecule has 0 unspecified atom stereocenters. The summed E-state index contributed by atoms with van der Waals surface area (Å²) in [6.45, 7) is 1.49. The van der Waals surface area contributed by atoms with Gasteiger partial charge in [0.15, 0.2) is 0 Å². The molecule has 0 spiro atoms. The van der Waals surface area contributed by atoms with Crippen molar-refractivity contribution in [2.75, 3.05) is 19.6 Å². The third kappa shape index (κ3) is 5.02. The molecule has 2 aromatic carbocycles. The molecule has 1 aliphatic heterocycles. The van der Waals surface area contributed by atoms with Gasteiger partial charge in [-0.15, -0.1) is 0 Å². The second-order valence-electron chi connectivity index (χ2n) is 7.77. The van der Waals surface area contributed by atoms with E-state index >= 15 is 0 Å². The molecule has 1 aromatic heterocycles. The number of hydrogen-bond donors (Lipinski definition) is 2. The Morgan fingerprint density at radius 1 is 0.969 bits per heavy atom. The van der Waals surface area contributed by atoms with Crippen LogP contribution in [0.3, 0.4) is 0 Å². The minimum atomic E-state index is -0.209. The van der Waals surface area contributed by atoms with Crippen molar-refractivity contribution >= 4 is 44.6 Å². The first-order valence-electron chi connectivity index (χ1n) is 10.7. The van der Waals surface area contributed by atoms with E-state index in [-0.39, 0.29) is 30.6 Å². The molecule has 1 fully saturated rings. The van der Waals surface area contributed by atoms with Crippen molar-refractivity contribution in [3.8, 4) is 0 Å². The third-order valence-electron chi connectivity index (χ3n) is 5.60. The summed E-state index contributed by atoms with van der Waals surface area (Å²) in [6, 6.07) is 15.1. The number of H-pyrrole nitrogens is 1. The van der Waals surface area contributed by atoms with Crippen LogP contribution in [0.5, 0.6) is 0 Å². The highest BCUT2D eigenvalue weighted by molar-refractivity contribution is 9.10. The zero-order valence-electron chi connectivity index (χ0n) is 17.6. The smallest absolute Gasteiger partial charge is 0.272 e. The topological polar surface area (TPSA) is 85.5 Å². The van der Waals surface area contributed by atoms with Gasteiger partial charge in [0.05, 0.1) is 0 Å². The minimum Gasteiger partial charge on any atom is -0.361 e. The molecule has 0 atom stereocenters. The zero-order chi connectivity index (χ0) is 22.5. The number of nitrogens with zero attached hydrogens (tertiary/aromatic N) is 2. The van der Waals surface area contributed by atoms with Gasteiger partial charge in [-0.1, -0.05) is 34.1 Å². The number of aromatic amines is 1. The number of carbonyl (C=O) groups excluding carboxylic acids is 3. The number of rotatable bonds is 7. The Balaban J connectivity index is 1.24. The largest absolute Gasteiger partial charge is 0.361 e. The van der Waals surface area contributed by atoms with Crippen LogP contribution in [-0.2, 0) is 16.0 Å². The van der Waals surface area contributed by atoms with Crippen LogP contribution in [0.1, 0.15) is 35.2 Å². The van der Waals surface area contributed by atoms with Gasteiger partial charge in [0.2, 0.25) is 11.8 Å². The lowest BCUT2D eigenvalue weighted by Gasteiger charge is -2.28. The van der Waals surface area contributed by atoms with E-state index in [1.54, 1.807) is 24.3 Å². The zero-order valence-corrected chi connectivity index (χ0v) is 19.2. The van der Waals surface area contributed by atoms with Crippen LogP contribution in [0, 0.1) is 0 Å². The molecular weight excluding hydrogens is 472 g/mol. The molecule has 0 aliphatic carbocycles. The number of nitrogens with one attached hydrogen (secondary N) is 2. The molecule has 2 N–H and O–H groups in total. The molecule has 1 saturated heterocycles. The SMILES string of the molecule is O=C(CCC(=O)N1CCCN1C(=O)c1ccc(Br)cc1)NCCc1c[nH]c2ccccc12. The Hall–Kier alpha value is -3.13. The molecular formula is C24H25BrN4O3. The van der Waals surface area contributed by atoms with Gasteiger partial charge in [-0.05, 0) is 48.7 Å². The number of hydrogen-bond acceptors (Lipinski definition) is 3. The Labute approximate surface area is 194 Å². The van der Waals surface area contributed by atoms with Crippen molar-refractivity contribution < 1.29 is 14.4 Å². The van der Waals surface area contributed by atoms with Gasteiger partial charge in [-0.2, -0.15) is 0 Å². The summed E-state index contributed by atoms with van der Waals surface area (Å²) in [5.41, 5.74) is 2.76. The van der Waals surface area contributed by atoms with Crippen LogP contribution in [0.25, 0.3) is 10.9 Å². The molecule has 4 rings (SSSR count). The van der Waals surface area contributed by atoms with Crippen molar-refractivity contribution in [2.24, 2.45) is 0 Å². The van der Waals surface area contributed by atoms with Gasteiger partial charge in [0, 0.05) is 59.6 Å². The summed E-state index contributed by atoms with van der Waals surface area (Å²) in [7, 11) is 0. The second-order valence-corrected chi connectivity index (χ2v) is 8.68. The maximum atomic E-state index is 12.8. The standard InChI is InChI=1S/C24H25BrN4O3/c25-19-8-6-17(7-9-19)24(32)29-15-3-14-28(29)23(31)11-10-22(30)26-13-12-18-16-27-21-5-2-1-4-20(18)21/h1-2,4-9,16,27H,3,10-15H2,(H,26,30). The maximum Gasteiger partial charge on any atom is 0.272 e. The molecule has 7 nitrogen and oxygen atoms in total. The first-order chi connectivity index (χ1) is 15.5. The maximum absolute atomic E-state index is 12.8. The Morgan fingerprint density at radius 3 is 2.53 bits per heavy atom. The van der Waals surface area contributed by atoms with E-state index in [0.29, 0.717) is 31.6 Å². The molecule has 0 radical (unpaired) electrons. The highest BCUT2D eigenvalue weighted by atomic mass is 79.9. The van der Waals surface area contributed by atoms with Crippen molar-refractivity contribution in [2.45, 2.75) is 25.7 Å². The molecule has 3 aromatic rings. The van der Waals surface area contributed by atoms with Crippen LogP contribution in [0.4, 0.5) is 0 Å². The number of benzene rings is 2.